The number of amides is 2. The second-order valence-electron chi connectivity index (χ2n) is 8.44. The van der Waals surface area contributed by atoms with Crippen LogP contribution in [0.15, 0.2) is 72.8 Å². The number of para-hydroxylation sites is 1. The van der Waals surface area contributed by atoms with Gasteiger partial charge in [-0.1, -0.05) is 42.0 Å². The van der Waals surface area contributed by atoms with Gasteiger partial charge >= 0.3 is 5.97 Å². The molecular formula is C28H26N2O6. The van der Waals surface area contributed by atoms with Gasteiger partial charge in [0.2, 0.25) is 11.7 Å². The van der Waals surface area contributed by atoms with E-state index >= 15 is 0 Å². The summed E-state index contributed by atoms with van der Waals surface area (Å²) in [6, 6.07) is 19.9. The molecule has 0 aromatic heterocycles. The van der Waals surface area contributed by atoms with Gasteiger partial charge in [0.25, 0.3) is 5.91 Å². The molecule has 8 heteroatoms. The summed E-state index contributed by atoms with van der Waals surface area (Å²) in [6.45, 7) is 2.02. The van der Waals surface area contributed by atoms with Crippen LogP contribution in [0.3, 0.4) is 0 Å². The maximum absolute atomic E-state index is 12.9. The lowest BCUT2D eigenvalue weighted by molar-refractivity contribution is -0.121. The Kier molecular flexibility index (Phi) is 7.56. The largest absolute Gasteiger partial charge is 0.496 e. The highest BCUT2D eigenvalue weighted by Gasteiger charge is 2.39. The highest BCUT2D eigenvalue weighted by atomic mass is 16.5. The zero-order valence-electron chi connectivity index (χ0n) is 20.0. The molecule has 0 saturated carbocycles. The lowest BCUT2D eigenvalue weighted by atomic mass is 10.1. The first-order valence-corrected chi connectivity index (χ1v) is 11.5. The third-order valence-electron chi connectivity index (χ3n) is 5.92. The Bertz CT molecular complexity index is 1280. The van der Waals surface area contributed by atoms with Gasteiger partial charge in [0.05, 0.1) is 36.4 Å². The van der Waals surface area contributed by atoms with E-state index in [9.17, 15) is 19.2 Å². The van der Waals surface area contributed by atoms with Crippen molar-refractivity contribution < 1.29 is 28.7 Å². The summed E-state index contributed by atoms with van der Waals surface area (Å²) < 4.78 is 10.3. The maximum Gasteiger partial charge on any atom is 0.338 e. The number of carbonyl (C=O) groups is 4. The fraction of sp³-hybridized carbons (Fsp3) is 0.214. The first-order valence-electron chi connectivity index (χ1n) is 11.5. The van der Waals surface area contributed by atoms with E-state index in [0.29, 0.717) is 23.5 Å². The molecule has 1 aliphatic heterocycles. The average Bonchev–Trinajstić information content (AvgIpc) is 3.19. The topological polar surface area (TPSA) is 102 Å². The van der Waals surface area contributed by atoms with E-state index in [0.717, 1.165) is 16.0 Å². The van der Waals surface area contributed by atoms with E-state index in [2.05, 4.69) is 5.32 Å². The van der Waals surface area contributed by atoms with Crippen molar-refractivity contribution in [3.8, 4) is 5.75 Å². The normalized spacial score (nSPS) is 15.2. The van der Waals surface area contributed by atoms with Gasteiger partial charge in [-0.2, -0.15) is 0 Å². The van der Waals surface area contributed by atoms with Crippen molar-refractivity contribution in [2.45, 2.75) is 25.9 Å². The number of nitrogens with zero attached hydrogens (tertiary/aromatic N) is 1. The summed E-state index contributed by atoms with van der Waals surface area (Å²) in [4.78, 5) is 51.4. The molecule has 1 atom stereocenters. The van der Waals surface area contributed by atoms with E-state index in [1.54, 1.807) is 24.3 Å². The van der Waals surface area contributed by atoms with Gasteiger partial charge in [-0.3, -0.25) is 14.4 Å². The number of rotatable bonds is 9. The van der Waals surface area contributed by atoms with Crippen molar-refractivity contribution in [1.82, 2.24) is 5.32 Å². The second kappa shape index (κ2) is 11.0. The molecule has 1 heterocycles. The molecule has 1 N–H and O–H groups in total. The van der Waals surface area contributed by atoms with Crippen LogP contribution in [0.25, 0.3) is 0 Å². The molecule has 1 fully saturated rings. The van der Waals surface area contributed by atoms with E-state index in [1.807, 2.05) is 31.2 Å². The van der Waals surface area contributed by atoms with Crippen LogP contribution in [0.2, 0.25) is 0 Å². The summed E-state index contributed by atoms with van der Waals surface area (Å²) in [7, 11) is 1.46. The van der Waals surface area contributed by atoms with Crippen molar-refractivity contribution in [2.75, 3.05) is 18.6 Å². The fourth-order valence-corrected chi connectivity index (χ4v) is 3.92. The van der Waals surface area contributed by atoms with E-state index < -0.39 is 24.4 Å². The number of imide groups is 1. The van der Waals surface area contributed by atoms with E-state index in [1.165, 1.54) is 31.4 Å². The number of hydrogen-bond acceptors (Lipinski definition) is 7. The number of anilines is 1. The molecule has 36 heavy (non-hydrogen) atoms. The summed E-state index contributed by atoms with van der Waals surface area (Å²) in [5.41, 5.74) is 3.05. The van der Waals surface area contributed by atoms with E-state index in [-0.39, 0.29) is 23.8 Å². The third kappa shape index (κ3) is 5.50. The van der Waals surface area contributed by atoms with Crippen LogP contribution in [-0.2, 0) is 20.9 Å². The lowest BCUT2D eigenvalue weighted by Crippen LogP contribution is -2.38. The van der Waals surface area contributed by atoms with Gasteiger partial charge in [-0.25, -0.2) is 9.69 Å². The molecule has 1 unspecified atom stereocenters. The molecule has 184 valence electrons. The maximum atomic E-state index is 12.9. The van der Waals surface area contributed by atoms with Gasteiger partial charge in [-0.15, -0.1) is 0 Å². The summed E-state index contributed by atoms with van der Waals surface area (Å²) >= 11 is 0. The van der Waals surface area contributed by atoms with Crippen molar-refractivity contribution in [3.05, 3.63) is 95.1 Å². The first kappa shape index (κ1) is 24.8. The Labute approximate surface area is 208 Å². The number of esters is 1. The van der Waals surface area contributed by atoms with Crippen LogP contribution in [0.5, 0.6) is 5.75 Å². The molecule has 0 aliphatic carbocycles. The molecule has 4 rings (SSSR count). The number of nitrogens with one attached hydrogen (secondary N) is 1. The Hall–Kier alpha value is -4.30. The monoisotopic (exact) mass is 486 g/mol. The highest BCUT2D eigenvalue weighted by Crippen LogP contribution is 2.24. The zero-order valence-corrected chi connectivity index (χ0v) is 20.0. The van der Waals surface area contributed by atoms with Crippen LogP contribution < -0.4 is 15.0 Å². The third-order valence-corrected chi connectivity index (χ3v) is 5.92. The summed E-state index contributed by atoms with van der Waals surface area (Å²) in [5, 5.41) is 3.15. The van der Waals surface area contributed by atoms with Crippen LogP contribution in [0.4, 0.5) is 5.69 Å². The van der Waals surface area contributed by atoms with Gasteiger partial charge in [0.15, 0.2) is 6.61 Å². The number of Topliss-reactive ketones (excluding diaryl/α,β-unsaturated/α-hetero) is 1. The van der Waals surface area contributed by atoms with Crippen LogP contribution in [0.1, 0.15) is 38.3 Å². The Morgan fingerprint density at radius 3 is 2.36 bits per heavy atom. The molecular weight excluding hydrogens is 460 g/mol. The zero-order chi connectivity index (χ0) is 25.7. The van der Waals surface area contributed by atoms with Crippen molar-refractivity contribution in [3.63, 3.8) is 0 Å². The van der Waals surface area contributed by atoms with Crippen LogP contribution >= 0.6 is 0 Å². The molecule has 0 spiro atoms. The molecule has 8 nitrogen and oxygen atoms in total. The highest BCUT2D eigenvalue weighted by molar-refractivity contribution is 6.22. The minimum atomic E-state index is -0.693. The van der Waals surface area contributed by atoms with Crippen LogP contribution in [0, 0.1) is 6.92 Å². The summed E-state index contributed by atoms with van der Waals surface area (Å²) in [6.07, 6.45) is 0.0551. The van der Waals surface area contributed by atoms with Crippen molar-refractivity contribution >= 4 is 29.3 Å². The molecule has 2 amide bonds. The number of aryl methyl sites for hydroxylation is 1. The molecule has 0 radical (unpaired) electrons. The lowest BCUT2D eigenvalue weighted by Gasteiger charge is -2.16. The number of hydrogen-bond donors (Lipinski definition) is 1. The Balaban J connectivity index is 1.35. The minimum absolute atomic E-state index is 0.0551. The Morgan fingerprint density at radius 1 is 0.972 bits per heavy atom. The number of benzene rings is 3. The van der Waals surface area contributed by atoms with E-state index in [4.69, 9.17) is 9.47 Å². The fourth-order valence-electron chi connectivity index (χ4n) is 3.92. The van der Waals surface area contributed by atoms with Gasteiger partial charge in [0.1, 0.15) is 5.75 Å². The smallest absolute Gasteiger partial charge is 0.338 e. The molecule has 1 aliphatic rings. The quantitative estimate of drug-likeness (QED) is 0.281. The van der Waals surface area contributed by atoms with Crippen LogP contribution in [-0.4, -0.2) is 43.3 Å². The minimum Gasteiger partial charge on any atom is -0.496 e. The summed E-state index contributed by atoms with van der Waals surface area (Å²) in [5.74, 6) is -1.35. The predicted octanol–water partition coefficient (Wildman–Crippen LogP) is 3.47. The molecule has 1 saturated heterocycles. The Morgan fingerprint density at radius 2 is 1.67 bits per heavy atom. The average molecular weight is 487 g/mol. The van der Waals surface area contributed by atoms with Crippen molar-refractivity contribution in [2.24, 2.45) is 0 Å². The number of ketones is 1. The van der Waals surface area contributed by atoms with Gasteiger partial charge in [0, 0.05) is 6.54 Å². The van der Waals surface area contributed by atoms with Gasteiger partial charge in [-0.05, 0) is 48.9 Å². The van der Waals surface area contributed by atoms with Crippen molar-refractivity contribution in [1.29, 1.82) is 0 Å². The second-order valence-corrected chi connectivity index (χ2v) is 8.44. The number of carbonyl (C=O) groups excluding carboxylic acids is 4. The van der Waals surface area contributed by atoms with Gasteiger partial charge < -0.3 is 14.8 Å². The number of ether oxygens (including phenoxy) is 2. The SMILES string of the molecule is COc1ccccc1C(=O)COC(=O)c1ccc(N2C(=O)CC(NCc3ccc(C)cc3)C2=O)cc1. The molecule has 3 aromatic carbocycles. The first-order chi connectivity index (χ1) is 17.4. The molecule has 0 bridgehead atoms. The predicted molar refractivity (Wildman–Crippen MR) is 133 cm³/mol. The molecule has 3 aromatic rings. The standard InChI is InChI=1S/C28H26N2O6/c1-18-7-9-19(10-8-18)16-29-23-15-26(32)30(27(23)33)21-13-11-20(12-14-21)28(34)36-17-24(31)22-5-3-4-6-25(22)35-2/h3-14,23,29H,15-17H2,1-2H3. The number of methoxy groups -OCH3 is 1.